The van der Waals surface area contributed by atoms with Gasteiger partial charge < -0.3 is 20.5 Å². The van der Waals surface area contributed by atoms with Crippen molar-refractivity contribution in [2.24, 2.45) is 0 Å². The number of aromatic nitrogens is 6. The van der Waals surface area contributed by atoms with Crippen molar-refractivity contribution in [2.45, 2.75) is 24.9 Å². The summed E-state index contributed by atoms with van der Waals surface area (Å²) in [5.74, 6) is 0.312. The summed E-state index contributed by atoms with van der Waals surface area (Å²) < 4.78 is 9.37. The predicted octanol–water partition coefficient (Wildman–Crippen LogP) is 7.36. The predicted molar refractivity (Wildman–Crippen MR) is 241 cm³/mol. The van der Waals surface area contributed by atoms with Crippen LogP contribution in [0, 0.1) is 0 Å². The van der Waals surface area contributed by atoms with E-state index in [1.807, 2.05) is 134 Å². The highest BCUT2D eigenvalue weighted by Gasteiger charge is 2.22. The minimum Gasteiger partial charge on any atom is -0.394 e. The second kappa shape index (κ2) is 22.1. The number of nitrogens with zero attached hydrogens (tertiary/aromatic N) is 6. The zero-order chi connectivity index (χ0) is 42.8. The topological polar surface area (TPSA) is 157 Å². The minimum atomic E-state index is -0.614. The molecular weight excluding hydrogens is 812 g/mol. The molecule has 8 rings (SSSR count). The SMILES string of the molecule is O=C(N[C@H](CO)Cc1ccccc1)c1scnc1-n1cc(-c2ccccc2)cn1.O=C[C@H](Cc1ccccc1)NC(=O)c1scnc1-n1cc(-c2ccccc2)cn1.[2H]CP. The van der Waals surface area contributed by atoms with Crippen LogP contribution in [0.2, 0.25) is 0 Å². The summed E-state index contributed by atoms with van der Waals surface area (Å²) in [6.45, 7) is 0.273. The van der Waals surface area contributed by atoms with Gasteiger partial charge in [-0.05, 0) is 35.1 Å². The Bertz CT molecular complexity index is 2570. The van der Waals surface area contributed by atoms with Crippen molar-refractivity contribution in [2.75, 3.05) is 13.2 Å². The van der Waals surface area contributed by atoms with Crippen molar-refractivity contribution in [3.8, 4) is 33.9 Å². The lowest BCUT2D eigenvalue weighted by Crippen LogP contribution is -2.39. The smallest absolute Gasteiger partial charge is 0.265 e. The molecule has 0 bridgehead atoms. The lowest BCUT2D eigenvalue weighted by molar-refractivity contribution is -0.109. The molecule has 8 aromatic rings. The Labute approximate surface area is 359 Å². The Hall–Kier alpha value is -6.44. The van der Waals surface area contributed by atoms with Crippen molar-refractivity contribution in [3.63, 3.8) is 0 Å². The molecule has 304 valence electrons. The summed E-state index contributed by atoms with van der Waals surface area (Å²) in [7, 11) is 2.25. The Morgan fingerprint density at radius 3 is 1.53 bits per heavy atom. The molecule has 0 fully saturated rings. The van der Waals surface area contributed by atoms with Crippen LogP contribution in [0.3, 0.4) is 0 Å². The fraction of sp³-hybridized carbons (Fsp3) is 0.133. The van der Waals surface area contributed by atoms with E-state index in [9.17, 15) is 19.5 Å². The molecule has 12 nitrogen and oxygen atoms in total. The number of carbonyl (C=O) groups is 3. The molecule has 0 radical (unpaired) electrons. The molecule has 60 heavy (non-hydrogen) atoms. The molecule has 3 atom stereocenters. The lowest BCUT2D eigenvalue weighted by Gasteiger charge is -2.16. The van der Waals surface area contributed by atoms with Gasteiger partial charge in [-0.1, -0.05) is 128 Å². The third-order valence-electron chi connectivity index (χ3n) is 8.98. The van der Waals surface area contributed by atoms with Gasteiger partial charge in [0.05, 0.1) is 42.1 Å². The number of benzene rings is 4. The lowest BCUT2D eigenvalue weighted by atomic mass is 10.1. The minimum absolute atomic E-state index is 0.144. The molecule has 2 amide bonds. The Morgan fingerprint density at radius 1 is 0.683 bits per heavy atom. The Balaban J connectivity index is 0.000000192. The van der Waals surface area contributed by atoms with Gasteiger partial charge in [-0.2, -0.15) is 10.2 Å². The highest BCUT2D eigenvalue weighted by atomic mass is 32.1. The second-order valence-electron chi connectivity index (χ2n) is 13.0. The van der Waals surface area contributed by atoms with E-state index in [0.717, 1.165) is 39.7 Å². The molecule has 0 aliphatic carbocycles. The van der Waals surface area contributed by atoms with Crippen LogP contribution in [0.4, 0.5) is 0 Å². The van der Waals surface area contributed by atoms with Crippen LogP contribution in [-0.4, -0.2) is 78.1 Å². The number of hydrogen-bond acceptors (Lipinski definition) is 10. The molecule has 0 saturated carbocycles. The van der Waals surface area contributed by atoms with E-state index in [4.69, 9.17) is 1.37 Å². The first-order valence-corrected chi connectivity index (χ1v) is 21.3. The van der Waals surface area contributed by atoms with Gasteiger partial charge in [0.1, 0.15) is 16.0 Å². The van der Waals surface area contributed by atoms with Crippen LogP contribution in [0.5, 0.6) is 0 Å². The zero-order valence-electron chi connectivity index (χ0n) is 33.3. The van der Waals surface area contributed by atoms with Gasteiger partial charge in [-0.25, -0.2) is 19.3 Å². The summed E-state index contributed by atoms with van der Waals surface area (Å²) in [5.41, 5.74) is 9.21. The molecule has 0 aliphatic heterocycles. The summed E-state index contributed by atoms with van der Waals surface area (Å²) >= 11 is 2.47. The summed E-state index contributed by atoms with van der Waals surface area (Å²) in [6.07, 6.45) is 8.92. The van der Waals surface area contributed by atoms with Crippen molar-refractivity contribution >= 4 is 50.0 Å². The maximum atomic E-state index is 12.8. The summed E-state index contributed by atoms with van der Waals surface area (Å²) in [4.78, 5) is 46.6. The largest absolute Gasteiger partial charge is 0.394 e. The van der Waals surface area contributed by atoms with Gasteiger partial charge in [0.2, 0.25) is 0 Å². The van der Waals surface area contributed by atoms with E-state index in [-0.39, 0.29) is 24.5 Å². The molecule has 4 aromatic heterocycles. The van der Waals surface area contributed by atoms with Crippen molar-refractivity contribution in [3.05, 3.63) is 178 Å². The fourth-order valence-electron chi connectivity index (χ4n) is 6.10. The number of rotatable bonds is 14. The molecule has 0 saturated heterocycles. The van der Waals surface area contributed by atoms with E-state index < -0.39 is 6.04 Å². The van der Waals surface area contributed by atoms with E-state index in [0.29, 0.717) is 40.9 Å². The molecule has 15 heteroatoms. The van der Waals surface area contributed by atoms with Crippen molar-refractivity contribution < 1.29 is 20.9 Å². The monoisotopic (exact) mass is 855 g/mol. The van der Waals surface area contributed by atoms with Crippen LogP contribution in [0.15, 0.2) is 157 Å². The fourth-order valence-corrected chi connectivity index (χ4v) is 7.45. The normalized spacial score (nSPS) is 11.7. The van der Waals surface area contributed by atoms with Gasteiger partial charge >= 0.3 is 0 Å². The standard InChI is InChI=1S/C22H20N4O2S.C22H18N4O2S.CH5P/c2*27-14-19(11-16-7-3-1-4-8-16)25-22(28)20-21(23-15-29-20)26-13-18(12-24-26)17-9-5-2-6-10-17;1-2/h1-10,12-13,15,19,27H,11,14H2,(H,25,28);1-10,12-15,19H,11H2,(H,25,28);2H2,1H3/t2*19-;/m00./s1/i;;1D. The molecule has 1 unspecified atom stereocenters. The number of aldehydes is 1. The second-order valence-corrected chi connectivity index (χ2v) is 14.7. The number of carbonyl (C=O) groups excluding carboxylic acids is 3. The van der Waals surface area contributed by atoms with Gasteiger partial charge in [0.25, 0.3) is 11.8 Å². The van der Waals surface area contributed by atoms with E-state index in [1.54, 1.807) is 32.8 Å². The first-order valence-electron chi connectivity index (χ1n) is 19.4. The average molecular weight is 856 g/mol. The first kappa shape index (κ1) is 41.7. The third kappa shape index (κ3) is 11.4. The highest BCUT2D eigenvalue weighted by molar-refractivity contribution is 7.15. The average Bonchev–Trinajstić information content (AvgIpc) is 4.15. The Morgan fingerprint density at radius 2 is 1.10 bits per heavy atom. The molecule has 0 aliphatic rings. The maximum Gasteiger partial charge on any atom is 0.265 e. The van der Waals surface area contributed by atoms with E-state index >= 15 is 0 Å². The highest BCUT2D eigenvalue weighted by Crippen LogP contribution is 2.24. The number of nitrogens with one attached hydrogen (secondary N) is 2. The van der Waals surface area contributed by atoms with Crippen LogP contribution >= 0.6 is 31.9 Å². The van der Waals surface area contributed by atoms with Crippen LogP contribution in [-0.2, 0) is 17.6 Å². The summed E-state index contributed by atoms with van der Waals surface area (Å²) in [6, 6.07) is 38.1. The van der Waals surface area contributed by atoms with E-state index in [2.05, 4.69) is 40.0 Å². The number of thiazole rings is 2. The zero-order valence-corrected chi connectivity index (χ0v) is 35.1. The molecular formula is C45H43N8O4PS2. The first-order chi connectivity index (χ1) is 29.9. The van der Waals surface area contributed by atoms with Gasteiger partial charge in [-0.3, -0.25) is 9.59 Å². The number of aliphatic hydroxyl groups is 1. The van der Waals surface area contributed by atoms with Crippen LogP contribution in [0.25, 0.3) is 33.9 Å². The van der Waals surface area contributed by atoms with Crippen LogP contribution in [0.1, 0.15) is 31.8 Å². The molecule has 0 spiro atoms. The van der Waals surface area contributed by atoms with Crippen LogP contribution < -0.4 is 10.6 Å². The molecule has 4 heterocycles. The van der Waals surface area contributed by atoms with E-state index in [1.165, 1.54) is 22.7 Å². The van der Waals surface area contributed by atoms with Gasteiger partial charge in [0, 0.05) is 24.9 Å². The number of hydrogen-bond donors (Lipinski definition) is 3. The van der Waals surface area contributed by atoms with Gasteiger partial charge in [-0.15, -0.1) is 31.9 Å². The molecule has 4 aromatic carbocycles. The van der Waals surface area contributed by atoms with Gasteiger partial charge in [0.15, 0.2) is 11.6 Å². The number of aliphatic hydroxyl groups excluding tert-OH is 1. The quantitative estimate of drug-likeness (QED) is 0.0757. The molecule has 3 N–H and O–H groups in total. The third-order valence-corrected chi connectivity index (χ3v) is 10.6. The summed E-state index contributed by atoms with van der Waals surface area (Å²) in [5, 5.41) is 24.1. The number of amides is 2. The Kier molecular flexibility index (Phi) is 15.3. The van der Waals surface area contributed by atoms with Crippen molar-refractivity contribution in [1.82, 2.24) is 40.2 Å². The van der Waals surface area contributed by atoms with Crippen molar-refractivity contribution in [1.29, 1.82) is 0 Å². The maximum absolute atomic E-state index is 12.8.